The fourth-order valence-corrected chi connectivity index (χ4v) is 3.73. The number of hydrogen-bond acceptors (Lipinski definition) is 4. The highest BCUT2D eigenvalue weighted by atomic mass is 16.5. The molecule has 0 aromatic heterocycles. The molecule has 0 bridgehead atoms. The van der Waals surface area contributed by atoms with Gasteiger partial charge in [-0.2, -0.15) is 0 Å². The molecule has 6 nitrogen and oxygen atoms in total. The second kappa shape index (κ2) is 10.7. The Labute approximate surface area is 188 Å². The van der Waals surface area contributed by atoms with E-state index in [1.165, 1.54) is 5.56 Å². The van der Waals surface area contributed by atoms with Crippen molar-refractivity contribution in [1.29, 1.82) is 0 Å². The fraction of sp³-hybridized carbons (Fsp3) is 0.231. The van der Waals surface area contributed by atoms with Crippen LogP contribution in [0.25, 0.3) is 0 Å². The standard InChI is InChI=1S/C26H27N3O3/c30-25(20-8-2-1-3-9-20)28-24-13-7-6-12-23(24)26(31)27-18-21-10-4-5-11-22(21)19-29-14-16-32-17-15-29/h1-13H,14-19H2,(H,27,31)(H,28,30). The number of ether oxygens (including phenoxy) is 1. The molecule has 1 saturated heterocycles. The second-order valence-corrected chi connectivity index (χ2v) is 7.71. The Kier molecular flexibility index (Phi) is 7.27. The molecule has 6 heteroatoms. The maximum Gasteiger partial charge on any atom is 0.255 e. The zero-order valence-corrected chi connectivity index (χ0v) is 17.9. The molecule has 0 unspecified atom stereocenters. The van der Waals surface area contributed by atoms with Crippen LogP contribution in [0.5, 0.6) is 0 Å². The van der Waals surface area contributed by atoms with E-state index >= 15 is 0 Å². The predicted octanol–water partition coefficient (Wildman–Crippen LogP) is 3.70. The first-order valence-corrected chi connectivity index (χ1v) is 10.8. The number of nitrogens with one attached hydrogen (secondary N) is 2. The highest BCUT2D eigenvalue weighted by Gasteiger charge is 2.16. The molecule has 0 atom stereocenters. The molecule has 3 aromatic rings. The van der Waals surface area contributed by atoms with Gasteiger partial charge >= 0.3 is 0 Å². The average Bonchev–Trinajstić information content (AvgIpc) is 2.85. The summed E-state index contributed by atoms with van der Waals surface area (Å²) in [6.45, 7) is 4.58. The molecule has 0 aliphatic carbocycles. The Morgan fingerprint density at radius 2 is 1.44 bits per heavy atom. The lowest BCUT2D eigenvalue weighted by Crippen LogP contribution is -2.36. The number of carbonyl (C=O) groups is 2. The SMILES string of the molecule is O=C(Nc1ccccc1C(=O)NCc1ccccc1CN1CCOCC1)c1ccccc1. The number of anilines is 1. The van der Waals surface area contributed by atoms with Gasteiger partial charge in [0.15, 0.2) is 0 Å². The van der Waals surface area contributed by atoms with Crippen molar-refractivity contribution in [3.05, 3.63) is 101 Å². The smallest absolute Gasteiger partial charge is 0.255 e. The lowest BCUT2D eigenvalue weighted by molar-refractivity contribution is 0.0340. The van der Waals surface area contributed by atoms with E-state index in [0.717, 1.165) is 38.4 Å². The van der Waals surface area contributed by atoms with E-state index in [-0.39, 0.29) is 11.8 Å². The normalized spacial score (nSPS) is 14.0. The highest BCUT2D eigenvalue weighted by molar-refractivity contribution is 6.08. The molecule has 0 spiro atoms. The van der Waals surface area contributed by atoms with Gasteiger partial charge in [-0.25, -0.2) is 0 Å². The van der Waals surface area contributed by atoms with Crippen LogP contribution < -0.4 is 10.6 Å². The quantitative estimate of drug-likeness (QED) is 0.601. The monoisotopic (exact) mass is 429 g/mol. The van der Waals surface area contributed by atoms with Gasteiger partial charge in [0.05, 0.1) is 24.5 Å². The van der Waals surface area contributed by atoms with Gasteiger partial charge in [-0.15, -0.1) is 0 Å². The minimum atomic E-state index is -0.248. The molecule has 4 rings (SSSR count). The molecule has 32 heavy (non-hydrogen) atoms. The number of hydrogen-bond donors (Lipinski definition) is 2. The molecule has 164 valence electrons. The largest absolute Gasteiger partial charge is 0.379 e. The Morgan fingerprint density at radius 1 is 0.781 bits per heavy atom. The van der Waals surface area contributed by atoms with Gasteiger partial charge in [-0.3, -0.25) is 14.5 Å². The number of amides is 2. The Hall–Kier alpha value is -3.48. The van der Waals surface area contributed by atoms with Crippen molar-refractivity contribution in [2.75, 3.05) is 31.6 Å². The van der Waals surface area contributed by atoms with Crippen molar-refractivity contribution >= 4 is 17.5 Å². The fourth-order valence-electron chi connectivity index (χ4n) is 3.73. The van der Waals surface area contributed by atoms with Crippen molar-refractivity contribution in [3.63, 3.8) is 0 Å². The molecule has 2 N–H and O–H groups in total. The molecule has 0 saturated carbocycles. The van der Waals surface area contributed by atoms with Crippen LogP contribution in [0.1, 0.15) is 31.8 Å². The van der Waals surface area contributed by atoms with Gasteiger partial charge in [0.2, 0.25) is 0 Å². The Bertz CT molecular complexity index is 1060. The molecular weight excluding hydrogens is 402 g/mol. The summed E-state index contributed by atoms with van der Waals surface area (Å²) >= 11 is 0. The average molecular weight is 430 g/mol. The van der Waals surface area contributed by atoms with Crippen LogP contribution in [-0.4, -0.2) is 43.0 Å². The van der Waals surface area contributed by atoms with Crippen molar-refractivity contribution in [3.8, 4) is 0 Å². The second-order valence-electron chi connectivity index (χ2n) is 7.71. The summed E-state index contributed by atoms with van der Waals surface area (Å²) in [5.41, 5.74) is 3.74. The highest BCUT2D eigenvalue weighted by Crippen LogP contribution is 2.18. The third kappa shape index (κ3) is 5.60. The van der Waals surface area contributed by atoms with Crippen molar-refractivity contribution in [2.45, 2.75) is 13.1 Å². The zero-order valence-electron chi connectivity index (χ0n) is 17.9. The van der Waals surface area contributed by atoms with E-state index < -0.39 is 0 Å². The van der Waals surface area contributed by atoms with Crippen molar-refractivity contribution in [2.24, 2.45) is 0 Å². The summed E-state index contributed by atoms with van der Waals surface area (Å²) in [5, 5.41) is 5.87. The molecule has 3 aromatic carbocycles. The number of carbonyl (C=O) groups excluding carboxylic acids is 2. The summed E-state index contributed by atoms with van der Waals surface area (Å²) < 4.78 is 5.43. The Morgan fingerprint density at radius 3 is 2.22 bits per heavy atom. The molecule has 1 aliphatic rings. The predicted molar refractivity (Wildman–Crippen MR) is 125 cm³/mol. The van der Waals surface area contributed by atoms with Crippen LogP contribution in [0, 0.1) is 0 Å². The summed E-state index contributed by atoms with van der Waals surface area (Å²) in [4.78, 5) is 27.9. The molecule has 2 amide bonds. The Balaban J connectivity index is 1.42. The maximum absolute atomic E-state index is 13.0. The molecule has 1 fully saturated rings. The summed E-state index contributed by atoms with van der Waals surface area (Å²) in [6.07, 6.45) is 0. The molecule has 1 aliphatic heterocycles. The third-order valence-corrected chi connectivity index (χ3v) is 5.51. The van der Waals surface area contributed by atoms with Crippen LogP contribution in [0.4, 0.5) is 5.69 Å². The number of nitrogens with zero attached hydrogens (tertiary/aromatic N) is 1. The van der Waals surface area contributed by atoms with Gasteiger partial charge in [0, 0.05) is 31.7 Å². The van der Waals surface area contributed by atoms with Gasteiger partial charge in [0.25, 0.3) is 11.8 Å². The third-order valence-electron chi connectivity index (χ3n) is 5.51. The number of para-hydroxylation sites is 1. The van der Waals surface area contributed by atoms with Crippen LogP contribution in [-0.2, 0) is 17.8 Å². The lowest BCUT2D eigenvalue weighted by atomic mass is 10.1. The van der Waals surface area contributed by atoms with Crippen molar-refractivity contribution < 1.29 is 14.3 Å². The van der Waals surface area contributed by atoms with E-state index in [2.05, 4.69) is 21.6 Å². The first-order valence-electron chi connectivity index (χ1n) is 10.8. The van der Waals surface area contributed by atoms with Crippen LogP contribution in [0.15, 0.2) is 78.9 Å². The molecular formula is C26H27N3O3. The van der Waals surface area contributed by atoms with E-state index in [1.807, 2.05) is 36.4 Å². The van der Waals surface area contributed by atoms with E-state index in [9.17, 15) is 9.59 Å². The first-order chi connectivity index (χ1) is 15.7. The van der Waals surface area contributed by atoms with Crippen LogP contribution in [0.2, 0.25) is 0 Å². The summed E-state index contributed by atoms with van der Waals surface area (Å²) in [6, 6.07) is 24.1. The number of rotatable bonds is 7. The summed E-state index contributed by atoms with van der Waals surface area (Å²) in [5.74, 6) is -0.475. The first kappa shape index (κ1) is 21.7. The van der Waals surface area contributed by atoms with Crippen molar-refractivity contribution in [1.82, 2.24) is 10.2 Å². The lowest BCUT2D eigenvalue weighted by Gasteiger charge is -2.27. The minimum absolute atomic E-state index is 0.227. The minimum Gasteiger partial charge on any atom is -0.379 e. The molecule has 1 heterocycles. The van der Waals surface area contributed by atoms with Gasteiger partial charge in [-0.05, 0) is 35.4 Å². The van der Waals surface area contributed by atoms with Gasteiger partial charge < -0.3 is 15.4 Å². The number of benzene rings is 3. The zero-order chi connectivity index (χ0) is 22.2. The van der Waals surface area contributed by atoms with Gasteiger partial charge in [0.1, 0.15) is 0 Å². The van der Waals surface area contributed by atoms with Gasteiger partial charge in [-0.1, -0.05) is 54.6 Å². The van der Waals surface area contributed by atoms with Crippen LogP contribution >= 0.6 is 0 Å². The van der Waals surface area contributed by atoms with Crippen LogP contribution in [0.3, 0.4) is 0 Å². The summed E-state index contributed by atoms with van der Waals surface area (Å²) in [7, 11) is 0. The topological polar surface area (TPSA) is 70.7 Å². The molecule has 0 radical (unpaired) electrons. The van der Waals surface area contributed by atoms with E-state index in [4.69, 9.17) is 4.74 Å². The number of morpholine rings is 1. The van der Waals surface area contributed by atoms with E-state index in [1.54, 1.807) is 36.4 Å². The van der Waals surface area contributed by atoms with E-state index in [0.29, 0.717) is 23.4 Å². The maximum atomic E-state index is 13.0.